The number of hydrogen-bond donors (Lipinski definition) is 0. The van der Waals surface area contributed by atoms with E-state index >= 15 is 0 Å². The van der Waals surface area contributed by atoms with Gasteiger partial charge in [-0.15, -0.1) is 12.6 Å². The Balaban J connectivity index is 0. The quantitative estimate of drug-likeness (QED) is 0.489. The second-order valence-electron chi connectivity index (χ2n) is 0.843. The second-order valence-corrected chi connectivity index (χ2v) is 4.90. The van der Waals surface area contributed by atoms with Crippen molar-refractivity contribution in [3.63, 3.8) is 0 Å². The van der Waals surface area contributed by atoms with Gasteiger partial charge in [0.25, 0.3) is 0 Å². The van der Waals surface area contributed by atoms with Crippen LogP contribution in [0.1, 0.15) is 0 Å². The minimum atomic E-state index is -9.19. The van der Waals surface area contributed by atoms with E-state index in [0.29, 0.717) is 0 Å². The zero-order chi connectivity index (χ0) is 9.02. The molecule has 0 aromatic carbocycles. The molecule has 0 saturated carbocycles. The fraction of sp³-hybridized carbons (Fsp3) is 0. The molecule has 0 aliphatic heterocycles. The van der Waals surface area contributed by atoms with Crippen molar-refractivity contribution in [3.8, 4) is 0 Å². The van der Waals surface area contributed by atoms with E-state index in [1.54, 1.807) is 0 Å². The van der Waals surface area contributed by atoms with Crippen molar-refractivity contribution in [1.29, 1.82) is 0 Å². The molecule has 0 N–H and O–H groups in total. The van der Waals surface area contributed by atoms with Gasteiger partial charge < -0.3 is 0 Å². The summed E-state index contributed by atoms with van der Waals surface area (Å²) in [6, 6.07) is 0. The monoisotopic (exact) mass is 296 g/mol. The summed E-state index contributed by atoms with van der Waals surface area (Å²) in [6.45, 7) is 0. The van der Waals surface area contributed by atoms with Crippen LogP contribution in [0.3, 0.4) is 0 Å². The van der Waals surface area contributed by atoms with Gasteiger partial charge in [0.15, 0.2) is 0 Å². The third-order valence-electron chi connectivity index (χ3n) is 0. The molecule has 0 saturated heterocycles. The van der Waals surface area contributed by atoms with E-state index < -0.39 is 30.9 Å². The van der Waals surface area contributed by atoms with Crippen molar-refractivity contribution in [2.75, 3.05) is 0 Å². The molecule has 0 fully saturated rings. The molecule has 64 valence electrons. The molecule has 0 bridgehead atoms. The van der Waals surface area contributed by atoms with Crippen molar-refractivity contribution < 1.29 is 26.7 Å². The van der Waals surface area contributed by atoms with Crippen LogP contribution in [0.2, 0.25) is 0 Å². The Morgan fingerprint density at radius 3 is 0.800 bits per heavy atom. The maximum atomic E-state index is 9.91. The molecule has 0 amide bonds. The van der Waals surface area contributed by atoms with E-state index in [1.165, 1.54) is 0 Å². The van der Waals surface area contributed by atoms with Crippen LogP contribution in [0, 0.1) is 0 Å². The molecule has 0 spiro atoms. The van der Waals surface area contributed by atoms with E-state index in [2.05, 4.69) is 0 Å². The summed E-state index contributed by atoms with van der Waals surface area (Å²) in [5.41, 5.74) is 0. The molecular weight excluding hydrogens is 297 g/mol. The van der Waals surface area contributed by atoms with Crippen LogP contribution in [-0.4, -0.2) is 32.9 Å². The van der Waals surface area contributed by atoms with E-state index in [0.717, 1.165) is 0 Å². The fourth-order valence-corrected chi connectivity index (χ4v) is 0. The molecule has 0 rings (SSSR count). The SMILES string of the molecule is O=S(=O)=O.[F][Sb]([F])([F])([F])[F]. The topological polar surface area (TPSA) is 51.2 Å². The standard InChI is InChI=1S/5FH.O3S.Sb/c;;;;;1-4(2)3;/h5*1H;;/q;;;;;;+5/p-5. The Morgan fingerprint density at radius 1 is 0.800 bits per heavy atom. The van der Waals surface area contributed by atoms with Gasteiger partial charge in [-0.1, -0.05) is 0 Å². The van der Waals surface area contributed by atoms with Crippen molar-refractivity contribution in [1.82, 2.24) is 0 Å². The molecule has 0 aliphatic rings. The summed E-state index contributed by atoms with van der Waals surface area (Å²) < 4.78 is 74.9. The maximum absolute atomic E-state index is 9.91. The Hall–Kier alpha value is 0.0882. The van der Waals surface area contributed by atoms with Crippen molar-refractivity contribution in [2.24, 2.45) is 0 Å². The molecule has 0 aromatic rings. The molecule has 0 aliphatic carbocycles. The van der Waals surface area contributed by atoms with Gasteiger partial charge >= 0.3 is 45.0 Å². The first-order valence-corrected chi connectivity index (χ1v) is 7.17. The molecule has 0 radical (unpaired) electrons. The van der Waals surface area contributed by atoms with Crippen LogP contribution in [0.25, 0.3) is 0 Å². The van der Waals surface area contributed by atoms with Gasteiger partial charge in [-0.3, -0.25) is 0 Å². The molecule has 3 nitrogen and oxygen atoms in total. The van der Waals surface area contributed by atoms with Gasteiger partial charge in [0.2, 0.25) is 0 Å². The summed E-state index contributed by atoms with van der Waals surface area (Å²) in [4.78, 5) is 0. The van der Waals surface area contributed by atoms with E-state index in [1.807, 2.05) is 0 Å². The number of hydrogen-bond acceptors (Lipinski definition) is 3. The fourth-order valence-electron chi connectivity index (χ4n) is 0. The van der Waals surface area contributed by atoms with Gasteiger partial charge in [0.05, 0.1) is 0 Å². The van der Waals surface area contributed by atoms with Crippen molar-refractivity contribution in [3.05, 3.63) is 0 Å². The van der Waals surface area contributed by atoms with E-state index in [4.69, 9.17) is 12.6 Å². The predicted molar refractivity (Wildman–Crippen MR) is 21.0 cm³/mol. The van der Waals surface area contributed by atoms with Crippen LogP contribution in [-0.2, 0) is 10.6 Å². The summed E-state index contributed by atoms with van der Waals surface area (Å²) in [5, 5.41) is 0. The first-order chi connectivity index (χ1) is 3.97. The van der Waals surface area contributed by atoms with Gasteiger partial charge in [0.1, 0.15) is 0 Å². The van der Waals surface area contributed by atoms with E-state index in [-0.39, 0.29) is 0 Å². The van der Waals surface area contributed by atoms with Crippen LogP contribution < -0.4 is 0 Å². The normalized spacial score (nSPS) is 13.9. The summed E-state index contributed by atoms with van der Waals surface area (Å²) >= 11 is -9.19. The average Bonchev–Trinajstić information content (AvgIpc) is 1.14. The van der Waals surface area contributed by atoms with Crippen LogP contribution in [0.15, 0.2) is 0 Å². The second kappa shape index (κ2) is 3.47. The van der Waals surface area contributed by atoms with Crippen LogP contribution in [0.5, 0.6) is 0 Å². The molecule has 0 atom stereocenters. The molecule has 0 aromatic heterocycles. The molecule has 10 heavy (non-hydrogen) atoms. The third-order valence-corrected chi connectivity index (χ3v) is 0. The van der Waals surface area contributed by atoms with Gasteiger partial charge in [0, 0.05) is 0 Å². The number of halogens is 5. The average molecular weight is 297 g/mol. The van der Waals surface area contributed by atoms with Crippen molar-refractivity contribution >= 4 is 30.9 Å². The zero-order valence-electron chi connectivity index (χ0n) is 3.97. The Labute approximate surface area is 57.9 Å². The zero-order valence-corrected chi connectivity index (χ0v) is 7.34. The Morgan fingerprint density at radius 2 is 0.800 bits per heavy atom. The third kappa shape index (κ3) is 52300. The van der Waals surface area contributed by atoms with E-state index in [9.17, 15) is 14.1 Å². The van der Waals surface area contributed by atoms with Gasteiger partial charge in [-0.05, 0) is 0 Å². The first kappa shape index (κ1) is 12.7. The van der Waals surface area contributed by atoms with Crippen LogP contribution >= 0.6 is 0 Å². The summed E-state index contributed by atoms with van der Waals surface area (Å²) in [5.74, 6) is 0. The first-order valence-electron chi connectivity index (χ1n) is 1.35. The summed E-state index contributed by atoms with van der Waals surface area (Å²) in [6.07, 6.45) is 0. The Bertz CT molecular complexity index is 168. The molecular formula is F5O3SSb. The molecule has 10 heteroatoms. The van der Waals surface area contributed by atoms with Gasteiger partial charge in [-0.25, -0.2) is 0 Å². The minimum absolute atomic E-state index is 3.11. The predicted octanol–water partition coefficient (Wildman–Crippen LogP) is 0.716. The molecule has 0 heterocycles. The molecule has 0 unspecified atom stereocenters. The van der Waals surface area contributed by atoms with Crippen molar-refractivity contribution in [2.45, 2.75) is 0 Å². The number of rotatable bonds is 0. The van der Waals surface area contributed by atoms with Crippen LogP contribution in [0.4, 0.5) is 14.1 Å². The van der Waals surface area contributed by atoms with Gasteiger partial charge in [-0.2, -0.15) is 0 Å². The Kier molecular flexibility index (Phi) is 4.42. The summed E-state index contributed by atoms with van der Waals surface area (Å²) in [7, 11) is -3.11.